The van der Waals surface area contributed by atoms with E-state index in [4.69, 9.17) is 4.74 Å². The van der Waals surface area contributed by atoms with E-state index in [9.17, 15) is 4.79 Å². The molecule has 0 radical (unpaired) electrons. The van der Waals surface area contributed by atoms with E-state index in [1.807, 2.05) is 24.3 Å². The molecule has 0 bridgehead atoms. The highest BCUT2D eigenvalue weighted by Gasteiger charge is 2.17. The van der Waals surface area contributed by atoms with Crippen molar-refractivity contribution in [2.24, 2.45) is 0 Å². The van der Waals surface area contributed by atoms with Gasteiger partial charge in [0.1, 0.15) is 11.5 Å². The summed E-state index contributed by atoms with van der Waals surface area (Å²) in [7, 11) is 0. The Morgan fingerprint density at radius 1 is 1.00 bits per heavy atom. The van der Waals surface area contributed by atoms with E-state index in [1.54, 1.807) is 35.9 Å². The molecule has 1 aliphatic rings. The Hall–Kier alpha value is -2.66. The van der Waals surface area contributed by atoms with E-state index >= 15 is 0 Å². The predicted octanol–water partition coefficient (Wildman–Crippen LogP) is 5.07. The maximum atomic E-state index is 12.5. The Kier molecular flexibility index (Phi) is 4.48. The number of ether oxygens (including phenoxy) is 1. The molecule has 0 fully saturated rings. The highest BCUT2D eigenvalue weighted by molar-refractivity contribution is 7.14. The molecule has 1 N–H and O–H groups in total. The molecule has 0 atom stereocenters. The van der Waals surface area contributed by atoms with Crippen LogP contribution in [0.25, 0.3) is 0 Å². The first-order chi connectivity index (χ1) is 12.3. The summed E-state index contributed by atoms with van der Waals surface area (Å²) in [5, 5.41) is 2.96. The zero-order chi connectivity index (χ0) is 17.1. The molecule has 0 saturated heterocycles. The average molecular weight is 350 g/mol. The molecular formula is C20H18N2O2S. The number of carbonyl (C=O) groups excluding carboxylic acids is 1. The second-order valence-corrected chi connectivity index (χ2v) is 7.17. The van der Waals surface area contributed by atoms with Crippen molar-refractivity contribution in [2.75, 3.05) is 5.32 Å². The van der Waals surface area contributed by atoms with Crippen molar-refractivity contribution in [1.29, 1.82) is 0 Å². The molecule has 1 aromatic carbocycles. The molecule has 25 heavy (non-hydrogen) atoms. The van der Waals surface area contributed by atoms with Crippen molar-refractivity contribution in [1.82, 2.24) is 4.98 Å². The fraction of sp³-hybridized carbons (Fsp3) is 0.200. The highest BCUT2D eigenvalue weighted by atomic mass is 32.1. The summed E-state index contributed by atoms with van der Waals surface area (Å²) < 4.78 is 5.73. The molecule has 2 heterocycles. The molecule has 4 nitrogen and oxygen atoms in total. The molecule has 126 valence electrons. The second kappa shape index (κ2) is 7.07. The first kappa shape index (κ1) is 15.8. The normalized spacial score (nSPS) is 13.1. The SMILES string of the molecule is O=C(Nc1ccc(Oc2ccncc2)cc1)c1cc2c(s1)CCCC2. The van der Waals surface area contributed by atoms with Crippen molar-refractivity contribution < 1.29 is 9.53 Å². The average Bonchev–Trinajstić information content (AvgIpc) is 3.09. The molecule has 1 aliphatic carbocycles. The molecule has 4 rings (SSSR count). The number of pyridine rings is 1. The minimum absolute atomic E-state index is 0.0396. The number of fused-ring (bicyclic) bond motifs is 1. The van der Waals surface area contributed by atoms with Gasteiger partial charge in [-0.25, -0.2) is 0 Å². The smallest absolute Gasteiger partial charge is 0.265 e. The van der Waals surface area contributed by atoms with E-state index in [1.165, 1.54) is 23.3 Å². The maximum absolute atomic E-state index is 12.5. The number of carbonyl (C=O) groups is 1. The van der Waals surface area contributed by atoms with Crippen LogP contribution in [-0.4, -0.2) is 10.9 Å². The van der Waals surface area contributed by atoms with Gasteiger partial charge in [0.15, 0.2) is 0 Å². The third-order valence-corrected chi connectivity index (χ3v) is 5.45. The third-order valence-electron chi connectivity index (χ3n) is 4.22. The summed E-state index contributed by atoms with van der Waals surface area (Å²) >= 11 is 1.62. The summed E-state index contributed by atoms with van der Waals surface area (Å²) in [5.74, 6) is 1.41. The highest BCUT2D eigenvalue weighted by Crippen LogP contribution is 2.30. The van der Waals surface area contributed by atoms with Gasteiger partial charge in [-0.3, -0.25) is 9.78 Å². The lowest BCUT2D eigenvalue weighted by Crippen LogP contribution is -2.09. The van der Waals surface area contributed by atoms with Crippen LogP contribution in [0.4, 0.5) is 5.69 Å². The number of rotatable bonds is 4. The minimum atomic E-state index is -0.0396. The van der Waals surface area contributed by atoms with E-state index < -0.39 is 0 Å². The zero-order valence-electron chi connectivity index (χ0n) is 13.7. The van der Waals surface area contributed by atoms with Gasteiger partial charge in [0.25, 0.3) is 5.91 Å². The monoisotopic (exact) mass is 350 g/mol. The van der Waals surface area contributed by atoms with E-state index in [0.717, 1.165) is 34.9 Å². The maximum Gasteiger partial charge on any atom is 0.265 e. The third kappa shape index (κ3) is 3.72. The molecular weight excluding hydrogens is 332 g/mol. The fourth-order valence-electron chi connectivity index (χ4n) is 2.94. The summed E-state index contributed by atoms with van der Waals surface area (Å²) in [6.45, 7) is 0. The Balaban J connectivity index is 1.42. The largest absolute Gasteiger partial charge is 0.457 e. The van der Waals surface area contributed by atoms with Gasteiger partial charge in [-0.1, -0.05) is 0 Å². The number of anilines is 1. The van der Waals surface area contributed by atoms with Crippen LogP contribution in [0.15, 0.2) is 54.9 Å². The number of thiophene rings is 1. The van der Waals surface area contributed by atoms with Crippen LogP contribution in [-0.2, 0) is 12.8 Å². The molecule has 1 amide bonds. The number of benzene rings is 1. The number of hydrogen-bond acceptors (Lipinski definition) is 4. The zero-order valence-corrected chi connectivity index (χ0v) is 14.5. The van der Waals surface area contributed by atoms with Gasteiger partial charge in [-0.05, 0) is 73.7 Å². The lowest BCUT2D eigenvalue weighted by atomic mass is 9.99. The summed E-state index contributed by atoms with van der Waals surface area (Å²) in [4.78, 5) is 18.6. The molecule has 3 aromatic rings. The Morgan fingerprint density at radius 2 is 1.72 bits per heavy atom. The molecule has 0 unspecified atom stereocenters. The number of nitrogens with one attached hydrogen (secondary N) is 1. The standard InChI is InChI=1S/C20H18N2O2S/c23-20(19-13-14-3-1-2-4-18(14)25-19)22-15-5-7-16(8-6-15)24-17-9-11-21-12-10-17/h5-13H,1-4H2,(H,22,23). The van der Waals surface area contributed by atoms with Crippen molar-refractivity contribution in [3.8, 4) is 11.5 Å². The number of aromatic nitrogens is 1. The summed E-state index contributed by atoms with van der Waals surface area (Å²) in [6.07, 6.45) is 8.03. The van der Waals surface area contributed by atoms with Gasteiger partial charge < -0.3 is 10.1 Å². The van der Waals surface area contributed by atoms with Crippen LogP contribution < -0.4 is 10.1 Å². The number of hydrogen-bond donors (Lipinski definition) is 1. The summed E-state index contributed by atoms with van der Waals surface area (Å²) in [6, 6.07) is 13.0. The molecule has 0 spiro atoms. The second-order valence-electron chi connectivity index (χ2n) is 6.03. The van der Waals surface area contributed by atoms with Gasteiger partial charge in [0.2, 0.25) is 0 Å². The van der Waals surface area contributed by atoms with Crippen molar-refractivity contribution >= 4 is 22.9 Å². The van der Waals surface area contributed by atoms with E-state index in [-0.39, 0.29) is 5.91 Å². The van der Waals surface area contributed by atoms with Gasteiger partial charge in [-0.2, -0.15) is 0 Å². The van der Waals surface area contributed by atoms with Crippen LogP contribution >= 0.6 is 11.3 Å². The molecule has 2 aromatic heterocycles. The molecule has 5 heteroatoms. The van der Waals surface area contributed by atoms with Crippen LogP contribution in [0.3, 0.4) is 0 Å². The molecule has 0 saturated carbocycles. The van der Waals surface area contributed by atoms with Crippen LogP contribution in [0.5, 0.6) is 11.5 Å². The van der Waals surface area contributed by atoms with Gasteiger partial charge in [0.05, 0.1) is 4.88 Å². The van der Waals surface area contributed by atoms with Crippen molar-refractivity contribution in [2.45, 2.75) is 25.7 Å². The number of nitrogens with zero attached hydrogens (tertiary/aromatic N) is 1. The van der Waals surface area contributed by atoms with Gasteiger partial charge >= 0.3 is 0 Å². The predicted molar refractivity (Wildman–Crippen MR) is 99.7 cm³/mol. The lowest BCUT2D eigenvalue weighted by molar-refractivity contribution is 0.103. The first-order valence-corrected chi connectivity index (χ1v) is 9.20. The summed E-state index contributed by atoms with van der Waals surface area (Å²) in [5.41, 5.74) is 2.11. The topological polar surface area (TPSA) is 51.2 Å². The van der Waals surface area contributed by atoms with Crippen molar-refractivity contribution in [3.63, 3.8) is 0 Å². The Bertz CT molecular complexity index is 849. The van der Waals surface area contributed by atoms with Crippen LogP contribution in [0.1, 0.15) is 33.0 Å². The fourth-order valence-corrected chi connectivity index (χ4v) is 4.09. The van der Waals surface area contributed by atoms with Gasteiger partial charge in [0, 0.05) is 23.0 Å². The van der Waals surface area contributed by atoms with Gasteiger partial charge in [-0.15, -0.1) is 11.3 Å². The number of aryl methyl sites for hydroxylation is 2. The van der Waals surface area contributed by atoms with E-state index in [2.05, 4.69) is 16.4 Å². The Labute approximate surface area is 150 Å². The first-order valence-electron chi connectivity index (χ1n) is 8.39. The minimum Gasteiger partial charge on any atom is -0.457 e. The molecule has 0 aliphatic heterocycles. The Morgan fingerprint density at radius 3 is 2.48 bits per heavy atom. The van der Waals surface area contributed by atoms with Crippen LogP contribution in [0, 0.1) is 0 Å². The van der Waals surface area contributed by atoms with Crippen molar-refractivity contribution in [3.05, 3.63) is 70.2 Å². The quantitative estimate of drug-likeness (QED) is 0.715. The van der Waals surface area contributed by atoms with Crippen LogP contribution in [0.2, 0.25) is 0 Å². The van der Waals surface area contributed by atoms with E-state index in [0.29, 0.717) is 0 Å². The number of amides is 1. The lowest BCUT2D eigenvalue weighted by Gasteiger charge is -2.08.